The molecule has 0 aliphatic carbocycles. The van der Waals surface area contributed by atoms with Crippen LogP contribution in [0, 0.1) is 0 Å². The molecule has 0 aromatic rings. The zero-order valence-corrected chi connectivity index (χ0v) is 14.8. The zero-order valence-electron chi connectivity index (χ0n) is 13.8. The van der Waals surface area contributed by atoms with Crippen molar-refractivity contribution in [2.75, 3.05) is 39.5 Å². The minimum Gasteiger partial charge on any atom is -0.379 e. The molecule has 124 valence electrons. The van der Waals surface area contributed by atoms with Gasteiger partial charge in [-0.2, -0.15) is 0 Å². The van der Waals surface area contributed by atoms with Gasteiger partial charge in [0.05, 0.1) is 12.7 Å². The highest BCUT2D eigenvalue weighted by Gasteiger charge is 2.43. The molecule has 0 N–H and O–H groups in total. The van der Waals surface area contributed by atoms with Gasteiger partial charge in [0.25, 0.3) is 0 Å². The van der Waals surface area contributed by atoms with Gasteiger partial charge in [-0.15, -0.1) is 0 Å². The molecule has 1 fully saturated rings. The summed E-state index contributed by atoms with van der Waals surface area (Å²) in [6, 6.07) is 0.826. The molecule has 1 unspecified atom stereocenters. The Bertz CT molecular complexity index is 285. The molecule has 0 aromatic carbocycles. The van der Waals surface area contributed by atoms with Gasteiger partial charge in [0.15, 0.2) is 0 Å². The second-order valence-electron chi connectivity index (χ2n) is 5.14. The average molecular weight is 318 g/mol. The quantitative estimate of drug-likeness (QED) is 0.612. The Labute approximate surface area is 130 Å². The summed E-state index contributed by atoms with van der Waals surface area (Å²) < 4.78 is 23.9. The summed E-state index contributed by atoms with van der Waals surface area (Å²) in [7, 11) is -2.57. The maximum Gasteiger partial charge on any atom is 0.501 e. The molecule has 0 bridgehead atoms. The first kappa shape index (κ1) is 18.6. The third kappa shape index (κ3) is 6.48. The summed E-state index contributed by atoms with van der Waals surface area (Å²) in [5.74, 6) is 0. The van der Waals surface area contributed by atoms with Crippen molar-refractivity contribution in [3.05, 3.63) is 12.8 Å². The van der Waals surface area contributed by atoms with Crippen LogP contribution in [-0.2, 0) is 18.0 Å². The van der Waals surface area contributed by atoms with E-state index in [1.165, 1.54) is 0 Å². The van der Waals surface area contributed by atoms with Gasteiger partial charge in [-0.05, 0) is 32.9 Å². The maximum absolute atomic E-state index is 6.32. The molecule has 5 nitrogen and oxygen atoms in total. The molecule has 1 heterocycles. The fraction of sp³-hybridized carbons (Fsp3) is 0.867. The lowest BCUT2D eigenvalue weighted by Gasteiger charge is -2.36. The van der Waals surface area contributed by atoms with Crippen LogP contribution < -0.4 is 0 Å². The van der Waals surface area contributed by atoms with Crippen LogP contribution >= 0.6 is 0 Å². The molecule has 0 amide bonds. The van der Waals surface area contributed by atoms with E-state index in [9.17, 15) is 0 Å². The summed E-state index contributed by atoms with van der Waals surface area (Å²) in [6.07, 6.45) is 3.86. The molecule has 1 rings (SSSR count). The molecule has 1 aliphatic heterocycles. The predicted molar refractivity (Wildman–Crippen MR) is 86.2 cm³/mol. The van der Waals surface area contributed by atoms with Gasteiger partial charge in [-0.25, -0.2) is 0 Å². The first-order chi connectivity index (χ1) is 10.2. The smallest absolute Gasteiger partial charge is 0.379 e. The van der Waals surface area contributed by atoms with Crippen molar-refractivity contribution in [3.63, 3.8) is 0 Å². The van der Waals surface area contributed by atoms with Crippen molar-refractivity contribution in [2.45, 2.75) is 45.8 Å². The van der Waals surface area contributed by atoms with Gasteiger partial charge in [0.1, 0.15) is 0 Å². The van der Waals surface area contributed by atoms with E-state index in [0.29, 0.717) is 19.8 Å². The van der Waals surface area contributed by atoms with Crippen LogP contribution in [0.3, 0.4) is 0 Å². The Morgan fingerprint density at radius 1 is 1.29 bits per heavy atom. The molecular formula is C15H31NO4Si. The minimum absolute atomic E-state index is 0.0281. The number of nitrogens with zero attached hydrogens (tertiary/aromatic N) is 1. The van der Waals surface area contributed by atoms with E-state index in [4.69, 9.17) is 18.0 Å². The summed E-state index contributed by atoms with van der Waals surface area (Å²) in [5, 5.41) is 0. The lowest BCUT2D eigenvalue weighted by atomic mass is 10.3. The van der Waals surface area contributed by atoms with Gasteiger partial charge in [-0.1, -0.05) is 13.5 Å². The molecule has 1 aliphatic rings. The standard InChI is InChI=1S/C15H31NO4Si/c1-5-10-16(6-2)13-15-14-17-11-9-12-21(20-15,18-7-3)19-8-4/h6,15H,2,5,7-14H2,1,3-4H3. The molecule has 0 spiro atoms. The lowest BCUT2D eigenvalue weighted by molar-refractivity contribution is -0.0323. The first-order valence-electron chi connectivity index (χ1n) is 8.09. The second-order valence-corrected chi connectivity index (χ2v) is 7.82. The fourth-order valence-corrected chi connectivity index (χ4v) is 5.28. The zero-order chi connectivity index (χ0) is 15.6. The SMILES string of the molecule is C=CN(CCC)CC1COCCC[Si](OCC)(OCC)O1. The molecule has 0 saturated carbocycles. The average Bonchev–Trinajstić information content (AvgIpc) is 2.44. The second kappa shape index (κ2) is 10.3. The van der Waals surface area contributed by atoms with Crippen LogP contribution in [0.2, 0.25) is 6.04 Å². The van der Waals surface area contributed by atoms with E-state index < -0.39 is 8.80 Å². The number of hydrogen-bond donors (Lipinski definition) is 0. The van der Waals surface area contributed by atoms with Crippen LogP contribution in [0.15, 0.2) is 12.8 Å². The van der Waals surface area contributed by atoms with Crippen LogP contribution in [0.4, 0.5) is 0 Å². The Morgan fingerprint density at radius 2 is 2.00 bits per heavy atom. The lowest BCUT2D eigenvalue weighted by Crippen LogP contribution is -2.52. The van der Waals surface area contributed by atoms with Crippen molar-refractivity contribution >= 4 is 8.80 Å². The topological polar surface area (TPSA) is 40.2 Å². The van der Waals surface area contributed by atoms with Crippen molar-refractivity contribution in [1.29, 1.82) is 0 Å². The van der Waals surface area contributed by atoms with E-state index in [0.717, 1.165) is 38.6 Å². The van der Waals surface area contributed by atoms with Crippen molar-refractivity contribution in [1.82, 2.24) is 4.90 Å². The molecular weight excluding hydrogens is 286 g/mol. The molecule has 1 saturated heterocycles. The van der Waals surface area contributed by atoms with Crippen LogP contribution in [0.5, 0.6) is 0 Å². The molecule has 0 radical (unpaired) electrons. The Balaban J connectivity index is 2.73. The van der Waals surface area contributed by atoms with Gasteiger partial charge < -0.3 is 22.9 Å². The number of rotatable bonds is 9. The molecule has 0 aromatic heterocycles. The summed E-state index contributed by atoms with van der Waals surface area (Å²) in [4.78, 5) is 2.17. The predicted octanol–water partition coefficient (Wildman–Crippen LogP) is 2.66. The highest BCUT2D eigenvalue weighted by Crippen LogP contribution is 2.23. The van der Waals surface area contributed by atoms with E-state index in [2.05, 4.69) is 18.4 Å². The maximum atomic E-state index is 6.32. The van der Waals surface area contributed by atoms with Gasteiger partial charge in [0, 0.05) is 39.0 Å². The van der Waals surface area contributed by atoms with Crippen LogP contribution in [0.1, 0.15) is 33.6 Å². The minimum atomic E-state index is -2.57. The van der Waals surface area contributed by atoms with E-state index in [1.807, 2.05) is 20.0 Å². The third-order valence-corrected chi connectivity index (χ3v) is 6.47. The highest BCUT2D eigenvalue weighted by molar-refractivity contribution is 6.60. The number of hydrogen-bond acceptors (Lipinski definition) is 5. The summed E-state index contributed by atoms with van der Waals surface area (Å²) >= 11 is 0. The monoisotopic (exact) mass is 317 g/mol. The Morgan fingerprint density at radius 3 is 2.57 bits per heavy atom. The molecule has 6 heteroatoms. The van der Waals surface area contributed by atoms with Gasteiger partial charge >= 0.3 is 8.80 Å². The first-order valence-corrected chi connectivity index (χ1v) is 10.0. The van der Waals surface area contributed by atoms with E-state index >= 15 is 0 Å². The Kier molecular flexibility index (Phi) is 9.18. The third-order valence-electron chi connectivity index (χ3n) is 3.36. The molecule has 1 atom stereocenters. The van der Waals surface area contributed by atoms with Crippen molar-refractivity contribution in [3.8, 4) is 0 Å². The summed E-state index contributed by atoms with van der Waals surface area (Å²) in [6.45, 7) is 14.3. The van der Waals surface area contributed by atoms with Crippen molar-refractivity contribution < 1.29 is 18.0 Å². The highest BCUT2D eigenvalue weighted by atomic mass is 28.4. The van der Waals surface area contributed by atoms with Gasteiger partial charge in [-0.3, -0.25) is 0 Å². The largest absolute Gasteiger partial charge is 0.501 e. The fourth-order valence-electron chi connectivity index (χ4n) is 2.54. The van der Waals surface area contributed by atoms with Crippen LogP contribution in [0.25, 0.3) is 0 Å². The Hall–Kier alpha value is -0.403. The summed E-state index contributed by atoms with van der Waals surface area (Å²) in [5.41, 5.74) is 0. The van der Waals surface area contributed by atoms with Crippen molar-refractivity contribution in [2.24, 2.45) is 0 Å². The van der Waals surface area contributed by atoms with Crippen LogP contribution in [-0.4, -0.2) is 59.3 Å². The van der Waals surface area contributed by atoms with Gasteiger partial charge in [0.2, 0.25) is 0 Å². The van der Waals surface area contributed by atoms with E-state index in [-0.39, 0.29) is 6.10 Å². The number of ether oxygens (including phenoxy) is 1. The van der Waals surface area contributed by atoms with E-state index in [1.54, 1.807) is 0 Å². The molecule has 21 heavy (non-hydrogen) atoms. The normalized spacial score (nSPS) is 22.3.